The van der Waals surface area contributed by atoms with E-state index in [1.807, 2.05) is 0 Å². The van der Waals surface area contributed by atoms with Gasteiger partial charge in [0.1, 0.15) is 0 Å². The second-order valence-electron chi connectivity index (χ2n) is 6.40. The van der Waals surface area contributed by atoms with E-state index < -0.39 is 0 Å². The van der Waals surface area contributed by atoms with Crippen LogP contribution in [-0.2, 0) is 0 Å². The molecule has 3 heteroatoms. The van der Waals surface area contributed by atoms with Crippen molar-refractivity contribution in [2.24, 2.45) is 0 Å². The zero-order valence-electron chi connectivity index (χ0n) is 14.8. The van der Waals surface area contributed by atoms with Crippen LogP contribution in [0.4, 0.5) is 0 Å². The molecule has 0 radical (unpaired) electrons. The van der Waals surface area contributed by atoms with E-state index >= 15 is 0 Å². The Kier molecular flexibility index (Phi) is 20.4. The topological polar surface area (TPSA) is 0 Å². The number of alkyl halides is 1. The Morgan fingerprint density at radius 2 is 1.00 bits per heavy atom. The molecule has 0 aliphatic carbocycles. The van der Waals surface area contributed by atoms with E-state index in [9.17, 15) is 0 Å². The third-order valence-corrected chi connectivity index (χ3v) is 5.03. The molecule has 0 aliphatic rings. The average Bonchev–Trinajstić information content (AvgIpc) is 2.47. The van der Waals surface area contributed by atoms with Gasteiger partial charge in [-0.2, -0.15) is 0 Å². The highest BCUT2D eigenvalue weighted by atomic mass is 127. The van der Waals surface area contributed by atoms with Gasteiger partial charge in [-0.15, -0.1) is 0 Å². The van der Waals surface area contributed by atoms with Crippen LogP contribution >= 0.6 is 15.9 Å². The lowest BCUT2D eigenvalue weighted by Crippen LogP contribution is -3.00. The molecule has 0 bridgehead atoms. The molecule has 1 atom stereocenters. The molecule has 0 saturated heterocycles. The van der Waals surface area contributed by atoms with Crippen molar-refractivity contribution in [1.82, 2.24) is 0 Å². The van der Waals surface area contributed by atoms with Crippen LogP contribution in [0.25, 0.3) is 0 Å². The number of hydrogen-bond acceptors (Lipinski definition) is 0. The molecule has 21 heavy (non-hydrogen) atoms. The summed E-state index contributed by atoms with van der Waals surface area (Å²) < 4.78 is 1.41. The highest BCUT2D eigenvalue weighted by molar-refractivity contribution is 9.09. The molecule has 0 amide bonds. The molecular weight excluding hydrogens is 437 g/mol. The lowest BCUT2D eigenvalue weighted by molar-refractivity contribution is -0.928. The fraction of sp³-hybridized carbons (Fsp3) is 1.00. The normalized spacial score (nSPS) is 13.7. The summed E-state index contributed by atoms with van der Waals surface area (Å²) in [6.45, 7) is 12.6. The van der Waals surface area contributed by atoms with Gasteiger partial charge in [-0.1, -0.05) is 62.4 Å². The highest BCUT2D eigenvalue weighted by Crippen LogP contribution is 2.17. The van der Waals surface area contributed by atoms with Gasteiger partial charge in [0.2, 0.25) is 0 Å². The van der Waals surface area contributed by atoms with E-state index in [2.05, 4.69) is 36.7 Å². The van der Waals surface area contributed by atoms with Crippen LogP contribution in [0.1, 0.15) is 85.0 Å². The summed E-state index contributed by atoms with van der Waals surface area (Å²) in [5.41, 5.74) is 0. The summed E-state index contributed by atoms with van der Waals surface area (Å²) in [5, 5.41) is 1.17. The molecule has 0 aromatic carbocycles. The van der Waals surface area contributed by atoms with Gasteiger partial charge in [0, 0.05) is 11.8 Å². The molecule has 0 saturated carbocycles. The Labute approximate surface area is 160 Å². The van der Waals surface area contributed by atoms with Crippen LogP contribution in [0, 0.1) is 0 Å². The maximum atomic E-state index is 3.64. The van der Waals surface area contributed by atoms with Crippen LogP contribution in [-0.4, -0.2) is 36.0 Å². The Balaban J connectivity index is 0. The lowest BCUT2D eigenvalue weighted by Gasteiger charge is -2.39. The van der Waals surface area contributed by atoms with Gasteiger partial charge in [0.05, 0.1) is 26.2 Å². The van der Waals surface area contributed by atoms with Gasteiger partial charge in [-0.25, -0.2) is 0 Å². The van der Waals surface area contributed by atoms with Crippen molar-refractivity contribution in [2.75, 3.05) is 31.5 Å². The quantitative estimate of drug-likeness (QED) is 0.148. The van der Waals surface area contributed by atoms with Crippen LogP contribution in [0.3, 0.4) is 0 Å². The van der Waals surface area contributed by atoms with Crippen LogP contribution in [0.2, 0.25) is 0 Å². The maximum absolute atomic E-state index is 3.64. The predicted octanol–water partition coefficient (Wildman–Crippen LogP) is 3.16. The molecule has 0 N–H and O–H groups in total. The molecule has 0 spiro atoms. The number of hydrogen-bond donors (Lipinski definition) is 0. The summed E-state index contributed by atoms with van der Waals surface area (Å²) in [5.74, 6) is 0. The fourth-order valence-electron chi connectivity index (χ4n) is 3.13. The summed E-state index contributed by atoms with van der Waals surface area (Å²) in [6.07, 6.45) is 13.9. The zero-order chi connectivity index (χ0) is 15.1. The highest BCUT2D eigenvalue weighted by Gasteiger charge is 2.25. The minimum Gasteiger partial charge on any atom is -1.00 e. The number of quaternary nitrogens is 1. The van der Waals surface area contributed by atoms with E-state index in [4.69, 9.17) is 0 Å². The SMILES string of the molecule is CCCCCC[N+](CCCC)(CCCBr)CCCCC.[I-]. The van der Waals surface area contributed by atoms with E-state index in [1.54, 1.807) is 0 Å². The third kappa shape index (κ3) is 13.3. The molecule has 1 nitrogen and oxygen atoms in total. The molecule has 0 heterocycles. The van der Waals surface area contributed by atoms with Crippen LogP contribution in [0.15, 0.2) is 0 Å². The van der Waals surface area contributed by atoms with Crippen molar-refractivity contribution in [1.29, 1.82) is 0 Å². The zero-order valence-corrected chi connectivity index (χ0v) is 18.6. The van der Waals surface area contributed by atoms with Gasteiger partial charge in [-0.05, 0) is 32.1 Å². The summed E-state index contributed by atoms with van der Waals surface area (Å²) in [7, 11) is 0. The molecule has 0 rings (SSSR count). The molecule has 0 aliphatic heterocycles. The number of rotatable bonds is 15. The first-order chi connectivity index (χ1) is 9.74. The van der Waals surface area contributed by atoms with E-state index in [1.165, 1.54) is 100 Å². The summed E-state index contributed by atoms with van der Waals surface area (Å²) >= 11 is 3.64. The standard InChI is InChI=1S/C18H39BrN.HI/c1-4-7-10-12-17-20(15-9-6-3,18-13-14-19)16-11-8-5-2;/h4-18H2,1-3H3;1H/q+1;/p-1. The third-order valence-electron chi connectivity index (χ3n) is 4.47. The first kappa shape index (κ1) is 24.4. The van der Waals surface area contributed by atoms with Crippen molar-refractivity contribution < 1.29 is 28.5 Å². The van der Waals surface area contributed by atoms with Gasteiger partial charge in [0.15, 0.2) is 0 Å². The fourth-order valence-corrected chi connectivity index (χ4v) is 3.38. The number of halogens is 2. The molecule has 130 valence electrons. The average molecular weight is 476 g/mol. The van der Waals surface area contributed by atoms with E-state index in [-0.39, 0.29) is 24.0 Å². The Morgan fingerprint density at radius 1 is 0.571 bits per heavy atom. The summed E-state index contributed by atoms with van der Waals surface area (Å²) in [4.78, 5) is 0. The molecule has 0 aromatic heterocycles. The Morgan fingerprint density at radius 3 is 1.52 bits per heavy atom. The maximum Gasteiger partial charge on any atom is 0.0794 e. The van der Waals surface area contributed by atoms with E-state index in [0.717, 1.165) is 0 Å². The first-order valence-electron chi connectivity index (χ1n) is 9.15. The minimum atomic E-state index is 0. The van der Waals surface area contributed by atoms with E-state index in [0.29, 0.717) is 0 Å². The predicted molar refractivity (Wildman–Crippen MR) is 96.7 cm³/mol. The Hall–Kier alpha value is 1.17. The molecule has 0 fully saturated rings. The second kappa shape index (κ2) is 17.5. The Bertz CT molecular complexity index is 192. The van der Waals surface area contributed by atoms with Crippen LogP contribution in [0.5, 0.6) is 0 Å². The van der Waals surface area contributed by atoms with Gasteiger partial charge >= 0.3 is 0 Å². The van der Waals surface area contributed by atoms with Crippen LogP contribution < -0.4 is 24.0 Å². The first-order valence-corrected chi connectivity index (χ1v) is 10.3. The summed E-state index contributed by atoms with van der Waals surface area (Å²) in [6, 6.07) is 0. The van der Waals surface area contributed by atoms with Gasteiger partial charge in [-0.3, -0.25) is 0 Å². The largest absolute Gasteiger partial charge is 1.00 e. The van der Waals surface area contributed by atoms with Crippen molar-refractivity contribution in [3.63, 3.8) is 0 Å². The molecule has 1 unspecified atom stereocenters. The smallest absolute Gasteiger partial charge is 0.0794 e. The monoisotopic (exact) mass is 475 g/mol. The van der Waals surface area contributed by atoms with Crippen molar-refractivity contribution in [3.05, 3.63) is 0 Å². The van der Waals surface area contributed by atoms with Crippen molar-refractivity contribution in [2.45, 2.75) is 85.0 Å². The van der Waals surface area contributed by atoms with Gasteiger partial charge in [0.25, 0.3) is 0 Å². The van der Waals surface area contributed by atoms with Crippen molar-refractivity contribution >= 4 is 15.9 Å². The molecular formula is C18H39BrIN. The van der Waals surface area contributed by atoms with Gasteiger partial charge < -0.3 is 28.5 Å². The lowest BCUT2D eigenvalue weighted by atomic mass is 10.1. The molecule has 0 aromatic rings. The minimum absolute atomic E-state index is 0. The van der Waals surface area contributed by atoms with Crippen molar-refractivity contribution in [3.8, 4) is 0 Å². The second-order valence-corrected chi connectivity index (χ2v) is 7.19. The number of unbranched alkanes of at least 4 members (excludes halogenated alkanes) is 6. The number of nitrogens with zero attached hydrogens (tertiary/aromatic N) is 1.